The zero-order valence-corrected chi connectivity index (χ0v) is 8.49. The van der Waals surface area contributed by atoms with Crippen LogP contribution in [0.2, 0.25) is 0 Å². The van der Waals surface area contributed by atoms with Gasteiger partial charge in [0.15, 0.2) is 0 Å². The van der Waals surface area contributed by atoms with E-state index in [1.807, 2.05) is 0 Å². The minimum Gasteiger partial charge on any atom is -0.507 e. The fourth-order valence-corrected chi connectivity index (χ4v) is 1.27. The monoisotopic (exact) mass is 235 g/mol. The second-order valence-electron chi connectivity index (χ2n) is 3.58. The first-order chi connectivity index (χ1) is 7.23. The van der Waals surface area contributed by atoms with Gasteiger partial charge in [0.2, 0.25) is 0 Å². The zero-order chi connectivity index (χ0) is 12.5. The molecule has 6 heteroatoms. The molecule has 0 aromatic heterocycles. The van der Waals surface area contributed by atoms with Crippen LogP contribution in [0.5, 0.6) is 5.75 Å². The van der Waals surface area contributed by atoms with Gasteiger partial charge in [0, 0.05) is 6.04 Å². The number of benzene rings is 1. The van der Waals surface area contributed by atoms with Gasteiger partial charge in [0.1, 0.15) is 5.75 Å². The maximum atomic E-state index is 12.4. The van der Waals surface area contributed by atoms with E-state index >= 15 is 0 Å². The molecule has 0 heterocycles. The van der Waals surface area contributed by atoms with Gasteiger partial charge in [-0.15, -0.1) is 0 Å². The first kappa shape index (κ1) is 12.8. The number of aromatic hydroxyl groups is 1. The van der Waals surface area contributed by atoms with Gasteiger partial charge in [-0.3, -0.25) is 0 Å². The van der Waals surface area contributed by atoms with Crippen molar-refractivity contribution in [2.45, 2.75) is 25.2 Å². The van der Waals surface area contributed by atoms with Gasteiger partial charge in [0.05, 0.1) is 11.7 Å². The third-order valence-electron chi connectivity index (χ3n) is 2.17. The maximum Gasteiger partial charge on any atom is 0.419 e. The van der Waals surface area contributed by atoms with Crippen LogP contribution in [0.3, 0.4) is 0 Å². The van der Waals surface area contributed by atoms with Crippen LogP contribution in [0.4, 0.5) is 13.2 Å². The Balaban J connectivity index is 3.18. The lowest BCUT2D eigenvalue weighted by Crippen LogP contribution is -2.24. The number of phenols is 1. The molecule has 3 nitrogen and oxygen atoms in total. The molecule has 0 radical (unpaired) electrons. The molecule has 2 atom stereocenters. The molecular weight excluding hydrogens is 223 g/mol. The van der Waals surface area contributed by atoms with Crippen LogP contribution in [0.1, 0.15) is 24.2 Å². The van der Waals surface area contributed by atoms with Crippen molar-refractivity contribution in [2.24, 2.45) is 5.73 Å². The third kappa shape index (κ3) is 2.65. The van der Waals surface area contributed by atoms with E-state index in [0.717, 1.165) is 6.07 Å². The van der Waals surface area contributed by atoms with Crippen molar-refractivity contribution in [3.8, 4) is 5.75 Å². The number of rotatable bonds is 2. The highest BCUT2D eigenvalue weighted by atomic mass is 19.4. The number of phenolic OH excluding ortho intramolecular Hbond substituents is 1. The van der Waals surface area contributed by atoms with Crippen molar-refractivity contribution in [3.05, 3.63) is 29.3 Å². The molecule has 1 aromatic carbocycles. The second kappa shape index (κ2) is 4.31. The molecule has 0 aliphatic rings. The molecule has 90 valence electrons. The summed E-state index contributed by atoms with van der Waals surface area (Å²) in [6, 6.07) is 2.11. The molecule has 1 aromatic rings. The highest BCUT2D eigenvalue weighted by Gasteiger charge is 2.34. The van der Waals surface area contributed by atoms with Gasteiger partial charge in [-0.25, -0.2) is 0 Å². The van der Waals surface area contributed by atoms with Crippen LogP contribution in [0.25, 0.3) is 0 Å². The molecule has 1 rings (SSSR count). The third-order valence-corrected chi connectivity index (χ3v) is 2.17. The summed E-state index contributed by atoms with van der Waals surface area (Å²) in [5, 5.41) is 18.6. The standard InChI is InChI=1S/C10H12F3NO2/c1-5(14)9(16)6-2-3-8(15)7(4-6)10(11,12)13/h2-5,9,15-16H,14H2,1H3. The van der Waals surface area contributed by atoms with E-state index in [-0.39, 0.29) is 5.56 Å². The predicted octanol–water partition coefficient (Wildman–Crippen LogP) is 1.79. The highest BCUT2D eigenvalue weighted by Crippen LogP contribution is 2.37. The maximum absolute atomic E-state index is 12.4. The lowest BCUT2D eigenvalue weighted by molar-refractivity contribution is -0.138. The number of aliphatic hydroxyl groups excluding tert-OH is 1. The van der Waals surface area contributed by atoms with Gasteiger partial charge in [-0.2, -0.15) is 13.2 Å². The van der Waals surface area contributed by atoms with Gasteiger partial charge in [-0.05, 0) is 24.6 Å². The van der Waals surface area contributed by atoms with Crippen LogP contribution in [-0.2, 0) is 6.18 Å². The van der Waals surface area contributed by atoms with E-state index in [4.69, 9.17) is 10.8 Å². The summed E-state index contributed by atoms with van der Waals surface area (Å²) in [6.45, 7) is 1.48. The van der Waals surface area contributed by atoms with Crippen molar-refractivity contribution in [2.75, 3.05) is 0 Å². The summed E-state index contributed by atoms with van der Waals surface area (Å²) in [5.74, 6) is -0.867. The Morgan fingerprint density at radius 1 is 1.31 bits per heavy atom. The van der Waals surface area contributed by atoms with Gasteiger partial charge in [0.25, 0.3) is 0 Å². The fourth-order valence-electron chi connectivity index (χ4n) is 1.27. The second-order valence-corrected chi connectivity index (χ2v) is 3.58. The lowest BCUT2D eigenvalue weighted by Gasteiger charge is -2.17. The average Bonchev–Trinajstić information content (AvgIpc) is 2.15. The molecule has 0 fully saturated rings. The molecule has 16 heavy (non-hydrogen) atoms. The van der Waals surface area contributed by atoms with Crippen molar-refractivity contribution in [1.82, 2.24) is 0 Å². The van der Waals surface area contributed by atoms with E-state index in [1.54, 1.807) is 0 Å². The van der Waals surface area contributed by atoms with Crippen molar-refractivity contribution >= 4 is 0 Å². The lowest BCUT2D eigenvalue weighted by atomic mass is 10.0. The molecule has 0 aliphatic carbocycles. The quantitative estimate of drug-likeness (QED) is 0.732. The van der Waals surface area contributed by atoms with E-state index in [2.05, 4.69) is 0 Å². The Morgan fingerprint density at radius 3 is 2.31 bits per heavy atom. The van der Waals surface area contributed by atoms with Crippen molar-refractivity contribution in [3.63, 3.8) is 0 Å². The normalized spacial score (nSPS) is 15.9. The molecular formula is C10H12F3NO2. The van der Waals surface area contributed by atoms with Crippen LogP contribution >= 0.6 is 0 Å². The number of alkyl halides is 3. The highest BCUT2D eigenvalue weighted by molar-refractivity contribution is 5.39. The average molecular weight is 235 g/mol. The van der Waals surface area contributed by atoms with Crippen molar-refractivity contribution in [1.29, 1.82) is 0 Å². The molecule has 4 N–H and O–H groups in total. The summed E-state index contributed by atoms with van der Waals surface area (Å²) >= 11 is 0. The SMILES string of the molecule is CC(N)C(O)c1ccc(O)c(C(F)(F)F)c1. The predicted molar refractivity (Wildman–Crippen MR) is 51.7 cm³/mol. The summed E-state index contributed by atoms with van der Waals surface area (Å²) < 4.78 is 37.3. The fraction of sp³-hybridized carbons (Fsp3) is 0.400. The summed E-state index contributed by atoms with van der Waals surface area (Å²) in [4.78, 5) is 0. The largest absolute Gasteiger partial charge is 0.507 e. The minimum atomic E-state index is -4.66. The van der Waals surface area contributed by atoms with Gasteiger partial charge >= 0.3 is 6.18 Å². The molecule has 2 unspecified atom stereocenters. The van der Waals surface area contributed by atoms with E-state index in [9.17, 15) is 18.3 Å². The number of hydrogen-bond donors (Lipinski definition) is 3. The Labute approximate surface area is 90.3 Å². The summed E-state index contributed by atoms with van der Waals surface area (Å²) in [6.07, 6.45) is -5.85. The number of nitrogens with two attached hydrogens (primary N) is 1. The Bertz CT molecular complexity index is 377. The molecule has 0 aliphatic heterocycles. The van der Waals surface area contributed by atoms with Crippen LogP contribution in [0, 0.1) is 0 Å². The van der Waals surface area contributed by atoms with Gasteiger partial charge in [-0.1, -0.05) is 6.07 Å². The van der Waals surface area contributed by atoms with E-state index in [1.165, 1.54) is 13.0 Å². The minimum absolute atomic E-state index is 0.0279. The molecule has 0 bridgehead atoms. The zero-order valence-electron chi connectivity index (χ0n) is 8.49. The van der Waals surface area contributed by atoms with Gasteiger partial charge < -0.3 is 15.9 Å². The van der Waals surface area contributed by atoms with Crippen molar-refractivity contribution < 1.29 is 23.4 Å². The van der Waals surface area contributed by atoms with Crippen LogP contribution in [-0.4, -0.2) is 16.3 Å². The topological polar surface area (TPSA) is 66.5 Å². The van der Waals surface area contributed by atoms with E-state index < -0.39 is 29.6 Å². The number of aliphatic hydroxyl groups is 1. The van der Waals surface area contributed by atoms with E-state index in [0.29, 0.717) is 6.07 Å². The summed E-state index contributed by atoms with van der Waals surface area (Å²) in [7, 11) is 0. The summed E-state index contributed by atoms with van der Waals surface area (Å²) in [5.41, 5.74) is 4.22. The molecule has 0 saturated carbocycles. The number of halogens is 3. The Hall–Kier alpha value is -1.27. The van der Waals surface area contributed by atoms with Crippen LogP contribution < -0.4 is 5.73 Å². The molecule has 0 saturated heterocycles. The first-order valence-electron chi connectivity index (χ1n) is 4.57. The molecule has 0 amide bonds. The molecule has 0 spiro atoms. The van der Waals surface area contributed by atoms with Crippen LogP contribution in [0.15, 0.2) is 18.2 Å². The smallest absolute Gasteiger partial charge is 0.419 e. The Morgan fingerprint density at radius 2 is 1.88 bits per heavy atom. The first-order valence-corrected chi connectivity index (χ1v) is 4.57. The number of hydrogen-bond acceptors (Lipinski definition) is 3. The Kier molecular flexibility index (Phi) is 3.44.